The van der Waals surface area contributed by atoms with Gasteiger partial charge in [-0.2, -0.15) is 8.78 Å². The molecule has 0 spiro atoms. The highest BCUT2D eigenvalue weighted by molar-refractivity contribution is 7.09. The fourth-order valence-corrected chi connectivity index (χ4v) is 2.99. The minimum atomic E-state index is -2.82. The van der Waals surface area contributed by atoms with Crippen LogP contribution in [0.1, 0.15) is 42.9 Å². The van der Waals surface area contributed by atoms with E-state index in [0.29, 0.717) is 5.56 Å². The zero-order valence-corrected chi connectivity index (χ0v) is 12.7. The zero-order valence-electron chi connectivity index (χ0n) is 11.9. The van der Waals surface area contributed by atoms with Crippen molar-refractivity contribution in [2.24, 2.45) is 0 Å². The maximum Gasteiger partial charge on any atom is 0.387 e. The van der Waals surface area contributed by atoms with Crippen molar-refractivity contribution in [3.05, 3.63) is 46.4 Å². The van der Waals surface area contributed by atoms with E-state index in [4.69, 9.17) is 0 Å². The van der Waals surface area contributed by atoms with Crippen LogP contribution in [0.4, 0.5) is 8.78 Å². The van der Waals surface area contributed by atoms with Crippen LogP contribution < -0.4 is 10.1 Å². The van der Waals surface area contributed by atoms with Crippen LogP contribution in [0, 0.1) is 0 Å². The van der Waals surface area contributed by atoms with E-state index in [1.165, 1.54) is 0 Å². The molecule has 1 heterocycles. The average molecular weight is 312 g/mol. The highest BCUT2D eigenvalue weighted by Crippen LogP contribution is 2.29. The Hall–Kier alpha value is -1.53. The van der Waals surface area contributed by atoms with Crippen molar-refractivity contribution in [1.29, 1.82) is 0 Å². The molecule has 0 aliphatic rings. The summed E-state index contributed by atoms with van der Waals surface area (Å²) in [6, 6.07) is 6.84. The minimum absolute atomic E-state index is 0.0969. The SMILES string of the molecule is CCC(NC(C)c1ccccc1OC(F)F)c1nccs1. The second kappa shape index (κ2) is 7.47. The fourth-order valence-electron chi connectivity index (χ4n) is 2.20. The van der Waals surface area contributed by atoms with Gasteiger partial charge in [0, 0.05) is 23.2 Å². The van der Waals surface area contributed by atoms with Gasteiger partial charge in [-0.1, -0.05) is 25.1 Å². The Bertz CT molecular complexity index is 548. The molecule has 114 valence electrons. The Balaban J connectivity index is 2.14. The highest BCUT2D eigenvalue weighted by atomic mass is 32.1. The van der Waals surface area contributed by atoms with Crippen molar-refractivity contribution >= 4 is 11.3 Å². The summed E-state index contributed by atoms with van der Waals surface area (Å²) in [6.45, 7) is 1.18. The number of nitrogens with one attached hydrogen (secondary N) is 1. The first-order valence-corrected chi connectivity index (χ1v) is 7.69. The summed E-state index contributed by atoms with van der Waals surface area (Å²) in [4.78, 5) is 4.31. The molecular formula is C15H18F2N2OS. The van der Waals surface area contributed by atoms with Gasteiger partial charge in [0.05, 0.1) is 6.04 Å². The summed E-state index contributed by atoms with van der Waals surface area (Å²) < 4.78 is 29.5. The number of ether oxygens (including phenoxy) is 1. The molecule has 21 heavy (non-hydrogen) atoms. The quantitative estimate of drug-likeness (QED) is 0.814. The van der Waals surface area contributed by atoms with Crippen LogP contribution in [0.15, 0.2) is 35.8 Å². The predicted octanol–water partition coefficient (Wildman–Crippen LogP) is 4.55. The summed E-state index contributed by atoms with van der Waals surface area (Å²) in [5.41, 5.74) is 0.716. The molecule has 2 atom stereocenters. The number of nitrogens with zero attached hydrogens (tertiary/aromatic N) is 1. The molecule has 0 fully saturated rings. The molecular weight excluding hydrogens is 294 g/mol. The van der Waals surface area contributed by atoms with Gasteiger partial charge in [0.2, 0.25) is 0 Å². The third-order valence-electron chi connectivity index (χ3n) is 3.21. The lowest BCUT2D eigenvalue weighted by Crippen LogP contribution is -2.24. The molecule has 0 aliphatic heterocycles. The van der Waals surface area contributed by atoms with Gasteiger partial charge in [-0.3, -0.25) is 0 Å². The van der Waals surface area contributed by atoms with Crippen LogP contribution in [-0.2, 0) is 0 Å². The number of hydrogen-bond acceptors (Lipinski definition) is 4. The lowest BCUT2D eigenvalue weighted by atomic mass is 10.1. The van der Waals surface area contributed by atoms with Crippen LogP contribution in [0.5, 0.6) is 5.75 Å². The molecule has 2 rings (SSSR count). The maximum absolute atomic E-state index is 12.5. The van der Waals surface area contributed by atoms with E-state index in [9.17, 15) is 8.78 Å². The molecule has 1 aromatic carbocycles. The Labute approximate surface area is 127 Å². The van der Waals surface area contributed by atoms with Gasteiger partial charge in [0.15, 0.2) is 0 Å². The first-order chi connectivity index (χ1) is 10.1. The van der Waals surface area contributed by atoms with E-state index in [0.717, 1.165) is 11.4 Å². The molecule has 0 bridgehead atoms. The molecule has 2 aromatic rings. The Morgan fingerprint density at radius 1 is 1.33 bits per heavy atom. The van der Waals surface area contributed by atoms with Crippen LogP contribution in [0.2, 0.25) is 0 Å². The zero-order chi connectivity index (χ0) is 15.2. The highest BCUT2D eigenvalue weighted by Gasteiger charge is 2.19. The molecule has 0 amide bonds. The number of alkyl halides is 2. The van der Waals surface area contributed by atoms with Gasteiger partial charge in [0.25, 0.3) is 0 Å². The molecule has 2 unspecified atom stereocenters. The van der Waals surface area contributed by atoms with Crippen molar-refractivity contribution in [2.75, 3.05) is 0 Å². The summed E-state index contributed by atoms with van der Waals surface area (Å²) >= 11 is 1.58. The van der Waals surface area contributed by atoms with Crippen molar-refractivity contribution in [3.63, 3.8) is 0 Å². The van der Waals surface area contributed by atoms with Crippen LogP contribution >= 0.6 is 11.3 Å². The van der Waals surface area contributed by atoms with E-state index in [2.05, 4.69) is 22.0 Å². The lowest BCUT2D eigenvalue weighted by molar-refractivity contribution is -0.0507. The Kier molecular flexibility index (Phi) is 5.64. The Morgan fingerprint density at radius 2 is 2.10 bits per heavy atom. The molecule has 0 radical (unpaired) electrons. The van der Waals surface area contributed by atoms with Crippen LogP contribution in [0.3, 0.4) is 0 Å². The minimum Gasteiger partial charge on any atom is -0.434 e. The fraction of sp³-hybridized carbons (Fsp3) is 0.400. The number of halogens is 2. The topological polar surface area (TPSA) is 34.1 Å². The second-order valence-electron chi connectivity index (χ2n) is 4.64. The van der Waals surface area contributed by atoms with E-state index in [-0.39, 0.29) is 17.8 Å². The molecule has 3 nitrogen and oxygen atoms in total. The predicted molar refractivity (Wildman–Crippen MR) is 79.8 cm³/mol. The summed E-state index contributed by atoms with van der Waals surface area (Å²) in [5, 5.41) is 6.35. The Morgan fingerprint density at radius 3 is 2.71 bits per heavy atom. The van der Waals surface area contributed by atoms with E-state index in [1.807, 2.05) is 18.4 Å². The third-order valence-corrected chi connectivity index (χ3v) is 4.10. The average Bonchev–Trinajstić information content (AvgIpc) is 2.98. The molecule has 1 N–H and O–H groups in total. The molecule has 0 aliphatic carbocycles. The number of rotatable bonds is 7. The van der Waals surface area contributed by atoms with Gasteiger partial charge >= 0.3 is 6.61 Å². The van der Waals surface area contributed by atoms with E-state index < -0.39 is 6.61 Å². The van der Waals surface area contributed by atoms with Crippen molar-refractivity contribution < 1.29 is 13.5 Å². The first kappa shape index (κ1) is 15.9. The van der Waals surface area contributed by atoms with Gasteiger partial charge in [-0.25, -0.2) is 4.98 Å². The number of hydrogen-bond donors (Lipinski definition) is 1. The molecule has 0 saturated heterocycles. The number of para-hydroxylation sites is 1. The second-order valence-corrected chi connectivity index (χ2v) is 5.56. The summed E-state index contributed by atoms with van der Waals surface area (Å²) in [5.74, 6) is 0.210. The van der Waals surface area contributed by atoms with Gasteiger partial charge < -0.3 is 10.1 Å². The lowest BCUT2D eigenvalue weighted by Gasteiger charge is -2.22. The normalized spacial score (nSPS) is 14.1. The van der Waals surface area contributed by atoms with Crippen molar-refractivity contribution in [2.45, 2.75) is 39.0 Å². The van der Waals surface area contributed by atoms with Crippen molar-refractivity contribution in [1.82, 2.24) is 10.3 Å². The molecule has 1 aromatic heterocycles. The maximum atomic E-state index is 12.5. The standard InChI is InChI=1S/C15H18F2N2OS/c1-3-12(14-18-8-9-21-14)19-10(2)11-6-4-5-7-13(11)20-15(16)17/h4-10,12,15,19H,3H2,1-2H3. The number of thiazole rings is 1. The van der Waals surface area contributed by atoms with Gasteiger partial charge in [0.1, 0.15) is 10.8 Å². The number of aromatic nitrogens is 1. The van der Waals surface area contributed by atoms with E-state index >= 15 is 0 Å². The smallest absolute Gasteiger partial charge is 0.387 e. The van der Waals surface area contributed by atoms with Gasteiger partial charge in [-0.15, -0.1) is 11.3 Å². The summed E-state index contributed by atoms with van der Waals surface area (Å²) in [6.07, 6.45) is 2.64. The summed E-state index contributed by atoms with van der Waals surface area (Å²) in [7, 11) is 0. The first-order valence-electron chi connectivity index (χ1n) is 6.81. The van der Waals surface area contributed by atoms with Crippen LogP contribution in [-0.4, -0.2) is 11.6 Å². The van der Waals surface area contributed by atoms with Crippen LogP contribution in [0.25, 0.3) is 0 Å². The number of benzene rings is 1. The molecule has 0 saturated carbocycles. The third kappa shape index (κ3) is 4.22. The monoisotopic (exact) mass is 312 g/mol. The largest absolute Gasteiger partial charge is 0.434 e. The molecule has 6 heteroatoms. The van der Waals surface area contributed by atoms with E-state index in [1.54, 1.807) is 35.7 Å². The van der Waals surface area contributed by atoms with Gasteiger partial charge in [-0.05, 0) is 19.4 Å². The van der Waals surface area contributed by atoms with Crippen molar-refractivity contribution in [3.8, 4) is 5.75 Å².